The fourth-order valence-electron chi connectivity index (χ4n) is 4.98. The molecule has 5 nitrogen and oxygen atoms in total. The van der Waals surface area contributed by atoms with E-state index in [1.165, 1.54) is 11.1 Å². The summed E-state index contributed by atoms with van der Waals surface area (Å²) in [4.78, 5) is 9.44. The monoisotopic (exact) mass is 630 g/mol. The molecule has 1 N–H and O–H groups in total. The number of para-hydroxylation sites is 1. The molecule has 0 saturated heterocycles. The number of rotatable bonds is 3. The third-order valence-electron chi connectivity index (χ3n) is 6.63. The Morgan fingerprint density at radius 1 is 1.00 bits per heavy atom. The van der Waals surface area contributed by atoms with Crippen LogP contribution in [0.25, 0.3) is 10.9 Å². The molecule has 0 saturated carbocycles. The third kappa shape index (κ3) is 3.78. The van der Waals surface area contributed by atoms with Gasteiger partial charge in [0.05, 0.1) is 6.04 Å². The van der Waals surface area contributed by atoms with Gasteiger partial charge in [0.1, 0.15) is 23.3 Å². The van der Waals surface area contributed by atoms with Crippen LogP contribution in [0.3, 0.4) is 0 Å². The molecule has 1 aromatic heterocycles. The molecule has 0 amide bonds. The van der Waals surface area contributed by atoms with Gasteiger partial charge in [-0.05, 0) is 23.3 Å². The molecule has 0 fully saturated rings. The van der Waals surface area contributed by atoms with E-state index in [9.17, 15) is 5.11 Å². The van der Waals surface area contributed by atoms with Crippen LogP contribution >= 0.6 is 0 Å². The molecule has 0 bridgehead atoms. The fraction of sp³-hybridized carbons (Fsp3) is 0.214. The molecule has 3 aromatic carbocycles. The van der Waals surface area contributed by atoms with Crippen molar-refractivity contribution in [2.24, 2.45) is 4.99 Å². The van der Waals surface area contributed by atoms with Crippen LogP contribution in [0.5, 0.6) is 17.4 Å². The standard InChI is InChI=1S/C28H23N2O3.Pt/c1-28(2)21-11-4-3-7-18(21)16-23-26(28)30-27(33-23)19-9-5-10-20(15-19)32-24-14-13-17-8-6-12-22(31)25(17)29-24;/h3-14,23,26,31H,16H2,1-2H3;/q-1;/t23-,26-;/m1./s1. The summed E-state index contributed by atoms with van der Waals surface area (Å²) in [5.74, 6) is 1.62. The molecular formula is C28H23N2O3Pt-. The number of hydrogen-bond acceptors (Lipinski definition) is 5. The van der Waals surface area contributed by atoms with Gasteiger partial charge >= 0.3 is 0 Å². The summed E-state index contributed by atoms with van der Waals surface area (Å²) >= 11 is 0. The van der Waals surface area contributed by atoms with E-state index in [2.05, 4.69) is 49.2 Å². The van der Waals surface area contributed by atoms with Crippen LogP contribution < -0.4 is 4.74 Å². The summed E-state index contributed by atoms with van der Waals surface area (Å²) in [5, 5.41) is 10.9. The zero-order valence-corrected chi connectivity index (χ0v) is 21.0. The number of fused-ring (bicyclic) bond motifs is 3. The van der Waals surface area contributed by atoms with Gasteiger partial charge in [-0.1, -0.05) is 61.9 Å². The first-order valence-corrected chi connectivity index (χ1v) is 11.1. The maximum atomic E-state index is 10.1. The maximum absolute atomic E-state index is 10.1. The molecule has 4 aromatic rings. The molecule has 2 aliphatic rings. The average Bonchev–Trinajstić information content (AvgIpc) is 3.25. The van der Waals surface area contributed by atoms with Crippen molar-refractivity contribution in [3.05, 3.63) is 95.6 Å². The van der Waals surface area contributed by atoms with E-state index in [0.29, 0.717) is 23.0 Å². The van der Waals surface area contributed by atoms with Crippen molar-refractivity contribution < 1.29 is 35.6 Å². The Bertz CT molecular complexity index is 1420. The van der Waals surface area contributed by atoms with Crippen molar-refractivity contribution in [2.45, 2.75) is 37.8 Å². The smallest absolute Gasteiger partial charge is 0.217 e. The van der Waals surface area contributed by atoms with Crippen LogP contribution in [0.2, 0.25) is 0 Å². The molecule has 1 aliphatic heterocycles. The van der Waals surface area contributed by atoms with Gasteiger partial charge in [0.25, 0.3) is 0 Å². The Labute approximate surface area is 212 Å². The van der Waals surface area contributed by atoms with E-state index in [-0.39, 0.29) is 44.4 Å². The largest absolute Gasteiger partial charge is 0.514 e. The normalized spacial score (nSPS) is 19.9. The van der Waals surface area contributed by atoms with Gasteiger partial charge in [0.15, 0.2) is 0 Å². The van der Waals surface area contributed by atoms with Gasteiger partial charge < -0.3 is 14.6 Å². The van der Waals surface area contributed by atoms with Crippen LogP contribution in [-0.2, 0) is 37.6 Å². The number of hydrogen-bond donors (Lipinski definition) is 1. The Morgan fingerprint density at radius 2 is 1.82 bits per heavy atom. The Hall–Kier alpha value is -3.17. The molecule has 1 aliphatic carbocycles. The minimum atomic E-state index is -0.119. The number of benzene rings is 3. The second-order valence-electron chi connectivity index (χ2n) is 9.15. The number of phenolic OH excluding ortho intramolecular Hbond substituents is 1. The minimum Gasteiger partial charge on any atom is -0.514 e. The summed E-state index contributed by atoms with van der Waals surface area (Å²) in [5.41, 5.74) is 3.80. The Kier molecular flexibility index (Phi) is 5.69. The molecule has 174 valence electrons. The van der Waals surface area contributed by atoms with Gasteiger partial charge in [-0.15, -0.1) is 18.2 Å². The zero-order chi connectivity index (χ0) is 22.6. The molecular weight excluding hydrogens is 607 g/mol. The fourth-order valence-corrected chi connectivity index (χ4v) is 4.98. The third-order valence-corrected chi connectivity index (χ3v) is 6.63. The first kappa shape index (κ1) is 22.6. The summed E-state index contributed by atoms with van der Waals surface area (Å²) in [6.07, 6.45) is 0.853. The van der Waals surface area contributed by atoms with Crippen molar-refractivity contribution in [1.29, 1.82) is 0 Å². The molecule has 0 radical (unpaired) electrons. The molecule has 6 heteroatoms. The number of phenols is 1. The van der Waals surface area contributed by atoms with Gasteiger partial charge in [-0.2, -0.15) is 0 Å². The molecule has 0 unspecified atom stereocenters. The minimum absolute atomic E-state index is 0. The number of pyridine rings is 1. The quantitative estimate of drug-likeness (QED) is 0.301. The van der Waals surface area contributed by atoms with Crippen molar-refractivity contribution in [1.82, 2.24) is 4.98 Å². The summed E-state index contributed by atoms with van der Waals surface area (Å²) in [7, 11) is 0. The molecule has 0 spiro atoms. The number of aromatic hydroxyl groups is 1. The van der Waals surface area contributed by atoms with Crippen LogP contribution in [-0.4, -0.2) is 28.1 Å². The number of nitrogens with zero attached hydrogens (tertiary/aromatic N) is 2. The van der Waals surface area contributed by atoms with E-state index in [1.54, 1.807) is 18.2 Å². The topological polar surface area (TPSA) is 63.9 Å². The SMILES string of the molecule is CC1(C)c2ccccc2C[C@H]2OC(c3[c-]c(Oc4ccc5cccc(O)c5n4)ccc3)=N[C@H]21.[Pt]. The summed E-state index contributed by atoms with van der Waals surface area (Å²) < 4.78 is 12.3. The number of aliphatic imine (C=N–C) groups is 1. The van der Waals surface area contributed by atoms with Crippen molar-refractivity contribution in [3.8, 4) is 17.4 Å². The average molecular weight is 631 g/mol. The molecule has 2 atom stereocenters. The van der Waals surface area contributed by atoms with E-state index in [4.69, 9.17) is 14.5 Å². The second kappa shape index (κ2) is 8.56. The van der Waals surface area contributed by atoms with Crippen LogP contribution in [0.1, 0.15) is 30.5 Å². The Balaban J connectivity index is 0.00000241. The van der Waals surface area contributed by atoms with E-state index < -0.39 is 0 Å². The number of aromatic nitrogens is 1. The van der Waals surface area contributed by atoms with E-state index in [1.807, 2.05) is 30.3 Å². The van der Waals surface area contributed by atoms with Crippen LogP contribution in [0, 0.1) is 6.07 Å². The van der Waals surface area contributed by atoms with E-state index >= 15 is 0 Å². The molecule has 2 heterocycles. The summed E-state index contributed by atoms with van der Waals surface area (Å²) in [6, 6.07) is 26.5. The van der Waals surface area contributed by atoms with Gasteiger partial charge in [0.2, 0.25) is 5.88 Å². The molecule has 6 rings (SSSR count). The first-order chi connectivity index (χ1) is 16.0. The zero-order valence-electron chi connectivity index (χ0n) is 18.8. The van der Waals surface area contributed by atoms with Gasteiger partial charge in [-0.25, -0.2) is 4.98 Å². The van der Waals surface area contributed by atoms with E-state index in [0.717, 1.165) is 17.4 Å². The first-order valence-electron chi connectivity index (χ1n) is 11.1. The van der Waals surface area contributed by atoms with Crippen molar-refractivity contribution in [2.75, 3.05) is 0 Å². The maximum Gasteiger partial charge on any atom is 0.217 e. The van der Waals surface area contributed by atoms with Crippen LogP contribution in [0.15, 0.2) is 77.8 Å². The van der Waals surface area contributed by atoms with Gasteiger partial charge in [-0.3, -0.25) is 4.99 Å². The summed E-state index contributed by atoms with van der Waals surface area (Å²) in [6.45, 7) is 4.48. The molecule has 34 heavy (non-hydrogen) atoms. The van der Waals surface area contributed by atoms with Crippen LogP contribution in [0.4, 0.5) is 0 Å². The predicted molar refractivity (Wildman–Crippen MR) is 127 cm³/mol. The van der Waals surface area contributed by atoms with Crippen molar-refractivity contribution >= 4 is 16.8 Å². The second-order valence-corrected chi connectivity index (χ2v) is 9.15. The van der Waals surface area contributed by atoms with Crippen molar-refractivity contribution in [3.63, 3.8) is 0 Å². The Morgan fingerprint density at radius 3 is 2.71 bits per heavy atom. The van der Waals surface area contributed by atoms with Gasteiger partial charge in [0, 0.05) is 50.1 Å². The predicted octanol–water partition coefficient (Wildman–Crippen LogP) is 5.58. The number of ether oxygens (including phenoxy) is 2.